The fourth-order valence-electron chi connectivity index (χ4n) is 6.81. The number of nitrogens with one attached hydrogen (secondary N) is 1. The minimum absolute atomic E-state index is 0.0000926. The first-order valence-corrected chi connectivity index (χ1v) is 23.5. The molecule has 0 saturated heterocycles. The number of carbonyl (C=O) groups excluding carboxylic acids is 2. The topological polar surface area (TPSA) is 95.9 Å². The predicted octanol–water partition coefficient (Wildman–Crippen LogP) is 13.7. The van der Waals surface area contributed by atoms with Crippen LogP contribution in [0.1, 0.15) is 220 Å². The molecule has 6 nitrogen and oxygen atoms in total. The van der Waals surface area contributed by atoms with Crippen LogP contribution in [0.4, 0.5) is 0 Å². The van der Waals surface area contributed by atoms with E-state index in [1.54, 1.807) is 0 Å². The number of aliphatic hydroxyl groups is 2. The van der Waals surface area contributed by atoms with Gasteiger partial charge in [0.25, 0.3) is 0 Å². The van der Waals surface area contributed by atoms with Crippen LogP contribution in [-0.2, 0) is 14.3 Å². The summed E-state index contributed by atoms with van der Waals surface area (Å²) < 4.78 is 5.84. The van der Waals surface area contributed by atoms with Gasteiger partial charge in [0, 0.05) is 12.8 Å². The number of unbranched alkanes of at least 4 members (excludes halogenated alkanes) is 20. The van der Waals surface area contributed by atoms with Crippen molar-refractivity contribution in [3.05, 3.63) is 60.8 Å². The summed E-state index contributed by atoms with van der Waals surface area (Å²) in [7, 11) is 0. The second-order valence-electron chi connectivity index (χ2n) is 15.8. The molecule has 0 heterocycles. The number of ether oxygens (including phenoxy) is 1. The zero-order valence-corrected chi connectivity index (χ0v) is 36.8. The predicted molar refractivity (Wildman–Crippen MR) is 241 cm³/mol. The van der Waals surface area contributed by atoms with Gasteiger partial charge in [-0.1, -0.05) is 216 Å². The van der Waals surface area contributed by atoms with Gasteiger partial charge in [0.1, 0.15) is 6.10 Å². The summed E-state index contributed by atoms with van der Waals surface area (Å²) in [6.07, 6.45) is 53.0. The van der Waals surface area contributed by atoms with Crippen LogP contribution in [0.5, 0.6) is 0 Å². The lowest BCUT2D eigenvalue weighted by Crippen LogP contribution is -2.46. The SMILES string of the molecule is CC/C=C\C/C=C\C/C=C\C/C=C\C/C=C\CC(CC(=O)NC(CO)C(O)CCCCCCCCCCC)OC(=O)CCCCCCCCCCCCCCC. The van der Waals surface area contributed by atoms with E-state index < -0.39 is 18.2 Å². The zero-order chi connectivity index (χ0) is 41.0. The summed E-state index contributed by atoms with van der Waals surface area (Å²) in [6.45, 7) is 6.31. The third-order valence-corrected chi connectivity index (χ3v) is 10.4. The lowest BCUT2D eigenvalue weighted by Gasteiger charge is -2.24. The van der Waals surface area contributed by atoms with Gasteiger partial charge in [0.05, 0.1) is 25.2 Å². The molecule has 0 fully saturated rings. The minimum Gasteiger partial charge on any atom is -0.461 e. The fraction of sp³-hybridized carbons (Fsp3) is 0.760. The number of esters is 1. The van der Waals surface area contributed by atoms with E-state index in [1.807, 2.05) is 12.2 Å². The minimum atomic E-state index is -0.809. The molecule has 6 heteroatoms. The molecule has 3 unspecified atom stereocenters. The molecular formula is C50H89NO5. The molecule has 1 amide bonds. The number of rotatable bonds is 41. The summed E-state index contributed by atoms with van der Waals surface area (Å²) in [5, 5.41) is 23.6. The molecule has 324 valence electrons. The molecule has 0 aliphatic heterocycles. The third-order valence-electron chi connectivity index (χ3n) is 10.4. The van der Waals surface area contributed by atoms with Crippen LogP contribution in [0, 0.1) is 0 Å². The monoisotopic (exact) mass is 784 g/mol. The van der Waals surface area contributed by atoms with Crippen molar-refractivity contribution in [2.75, 3.05) is 6.61 Å². The molecule has 0 aliphatic carbocycles. The Labute approximate surface area is 346 Å². The van der Waals surface area contributed by atoms with E-state index in [9.17, 15) is 19.8 Å². The first-order chi connectivity index (χ1) is 27.5. The zero-order valence-electron chi connectivity index (χ0n) is 36.8. The quantitative estimate of drug-likeness (QED) is 0.0326. The molecule has 0 spiro atoms. The van der Waals surface area contributed by atoms with Gasteiger partial charge < -0.3 is 20.3 Å². The molecule has 0 saturated carbocycles. The van der Waals surface area contributed by atoms with Crippen molar-refractivity contribution in [1.29, 1.82) is 0 Å². The van der Waals surface area contributed by atoms with Crippen LogP contribution in [0.15, 0.2) is 60.8 Å². The molecule has 0 rings (SSSR count). The number of carbonyl (C=O) groups is 2. The van der Waals surface area contributed by atoms with E-state index in [1.165, 1.54) is 103 Å². The van der Waals surface area contributed by atoms with Gasteiger partial charge in [0.2, 0.25) is 5.91 Å². The lowest BCUT2D eigenvalue weighted by molar-refractivity contribution is -0.150. The second kappa shape index (κ2) is 43.7. The average Bonchev–Trinajstić information content (AvgIpc) is 3.19. The Kier molecular flexibility index (Phi) is 41.8. The molecule has 0 aromatic heterocycles. The van der Waals surface area contributed by atoms with Crippen molar-refractivity contribution in [3.63, 3.8) is 0 Å². The van der Waals surface area contributed by atoms with Gasteiger partial charge in [0.15, 0.2) is 0 Å². The van der Waals surface area contributed by atoms with Crippen molar-refractivity contribution in [2.24, 2.45) is 0 Å². The van der Waals surface area contributed by atoms with Gasteiger partial charge in [-0.25, -0.2) is 0 Å². The molecular weight excluding hydrogens is 695 g/mol. The van der Waals surface area contributed by atoms with E-state index >= 15 is 0 Å². The van der Waals surface area contributed by atoms with Crippen molar-refractivity contribution in [2.45, 2.75) is 238 Å². The molecule has 56 heavy (non-hydrogen) atoms. The van der Waals surface area contributed by atoms with Gasteiger partial charge >= 0.3 is 5.97 Å². The van der Waals surface area contributed by atoms with E-state index in [4.69, 9.17) is 4.74 Å². The molecule has 0 aliphatic rings. The Bertz CT molecular complexity index is 1010. The maximum Gasteiger partial charge on any atom is 0.306 e. The summed E-state index contributed by atoms with van der Waals surface area (Å²) >= 11 is 0. The van der Waals surface area contributed by atoms with Crippen molar-refractivity contribution < 1.29 is 24.5 Å². The number of allylic oxidation sites excluding steroid dienone is 9. The van der Waals surface area contributed by atoms with Gasteiger partial charge in [-0.15, -0.1) is 0 Å². The van der Waals surface area contributed by atoms with Crippen molar-refractivity contribution in [1.82, 2.24) is 5.32 Å². The van der Waals surface area contributed by atoms with Gasteiger partial charge in [-0.3, -0.25) is 9.59 Å². The highest BCUT2D eigenvalue weighted by Gasteiger charge is 2.23. The van der Waals surface area contributed by atoms with Crippen LogP contribution in [0.3, 0.4) is 0 Å². The van der Waals surface area contributed by atoms with Gasteiger partial charge in [-0.05, 0) is 44.9 Å². The summed E-state index contributed by atoms with van der Waals surface area (Å²) in [5.41, 5.74) is 0. The van der Waals surface area contributed by atoms with Crippen molar-refractivity contribution in [3.8, 4) is 0 Å². The standard InChI is InChI=1S/C50H89NO5/c1-4-7-10-13-16-19-21-23-24-26-27-30-32-35-38-41-46(56-50(55)43-40-37-34-31-28-25-22-20-17-14-11-8-5-2)44-49(54)51-47(45-52)48(53)42-39-36-33-29-18-15-12-9-6-3/h7,10,16,19,23-24,27,30,35,38,46-48,52-53H,4-6,8-9,11-15,17-18,20-22,25-26,28-29,31-34,36-37,39-45H2,1-3H3,(H,51,54)/b10-7-,19-16-,24-23-,30-27-,38-35-. The molecule has 0 aromatic rings. The van der Waals surface area contributed by atoms with Crippen LogP contribution in [0.25, 0.3) is 0 Å². The van der Waals surface area contributed by atoms with E-state index in [-0.39, 0.29) is 24.9 Å². The molecule has 0 aromatic carbocycles. The fourth-order valence-corrected chi connectivity index (χ4v) is 6.81. The number of amides is 1. The van der Waals surface area contributed by atoms with Crippen LogP contribution >= 0.6 is 0 Å². The first-order valence-electron chi connectivity index (χ1n) is 23.5. The highest BCUT2D eigenvalue weighted by atomic mass is 16.5. The Balaban J connectivity index is 4.75. The molecule has 3 atom stereocenters. The highest BCUT2D eigenvalue weighted by molar-refractivity contribution is 5.77. The number of hydrogen-bond donors (Lipinski definition) is 3. The summed E-state index contributed by atoms with van der Waals surface area (Å²) in [4.78, 5) is 26.0. The highest BCUT2D eigenvalue weighted by Crippen LogP contribution is 2.16. The second-order valence-corrected chi connectivity index (χ2v) is 15.8. The Morgan fingerprint density at radius 2 is 0.929 bits per heavy atom. The Morgan fingerprint density at radius 1 is 0.536 bits per heavy atom. The van der Waals surface area contributed by atoms with Crippen LogP contribution < -0.4 is 5.32 Å². The number of aliphatic hydroxyl groups excluding tert-OH is 2. The maximum atomic E-state index is 13.1. The maximum absolute atomic E-state index is 13.1. The van der Waals surface area contributed by atoms with Gasteiger partial charge in [-0.2, -0.15) is 0 Å². The smallest absolute Gasteiger partial charge is 0.306 e. The van der Waals surface area contributed by atoms with Crippen LogP contribution in [-0.4, -0.2) is 46.9 Å². The largest absolute Gasteiger partial charge is 0.461 e. The number of hydrogen-bond acceptors (Lipinski definition) is 5. The molecule has 0 bridgehead atoms. The van der Waals surface area contributed by atoms with E-state index in [0.717, 1.165) is 70.6 Å². The Morgan fingerprint density at radius 3 is 1.36 bits per heavy atom. The summed E-state index contributed by atoms with van der Waals surface area (Å²) in [5.74, 6) is -0.580. The van der Waals surface area contributed by atoms with E-state index in [0.29, 0.717) is 19.3 Å². The normalized spacial score (nSPS) is 13.9. The first kappa shape index (κ1) is 53.6. The third kappa shape index (κ3) is 38.4. The lowest BCUT2D eigenvalue weighted by atomic mass is 10.0. The van der Waals surface area contributed by atoms with E-state index in [2.05, 4.69) is 74.7 Å². The van der Waals surface area contributed by atoms with Crippen molar-refractivity contribution >= 4 is 11.9 Å². The summed E-state index contributed by atoms with van der Waals surface area (Å²) in [6, 6.07) is -0.729. The van der Waals surface area contributed by atoms with Crippen LogP contribution in [0.2, 0.25) is 0 Å². The average molecular weight is 784 g/mol. The Hall–Kier alpha value is -2.44. The molecule has 0 radical (unpaired) electrons. The molecule has 3 N–H and O–H groups in total.